The molecule has 0 unspecified atom stereocenters. The van der Waals surface area contributed by atoms with Gasteiger partial charge in [0, 0.05) is 29.9 Å². The largest absolute Gasteiger partial charge is 0.452 e. The van der Waals surface area contributed by atoms with Crippen LogP contribution in [0.3, 0.4) is 0 Å². The molecule has 1 heterocycles. The Morgan fingerprint density at radius 2 is 1.84 bits per heavy atom. The van der Waals surface area contributed by atoms with Crippen LogP contribution in [0.25, 0.3) is 0 Å². The van der Waals surface area contributed by atoms with Gasteiger partial charge in [-0.3, -0.25) is 19.2 Å². The molecule has 162 valence electrons. The first-order chi connectivity index (χ1) is 14.7. The van der Waals surface area contributed by atoms with Crippen molar-refractivity contribution in [3.05, 3.63) is 59.2 Å². The molecule has 1 fully saturated rings. The van der Waals surface area contributed by atoms with Crippen molar-refractivity contribution in [2.45, 2.75) is 40.2 Å². The third-order valence-corrected chi connectivity index (χ3v) is 5.52. The number of ketones is 1. The molecule has 2 aromatic carbocycles. The summed E-state index contributed by atoms with van der Waals surface area (Å²) in [5.41, 5.74) is 3.76. The second kappa shape index (κ2) is 9.12. The number of hydrogen-bond acceptors (Lipinski definition) is 5. The van der Waals surface area contributed by atoms with E-state index in [4.69, 9.17) is 4.74 Å². The average Bonchev–Trinajstić information content (AvgIpc) is 3.11. The van der Waals surface area contributed by atoms with Crippen molar-refractivity contribution in [1.29, 1.82) is 0 Å². The summed E-state index contributed by atoms with van der Waals surface area (Å²) in [6.07, 6.45) is -1.00. The lowest BCUT2D eigenvalue weighted by Crippen LogP contribution is -2.33. The highest BCUT2D eigenvalue weighted by atomic mass is 16.5. The van der Waals surface area contributed by atoms with Gasteiger partial charge < -0.3 is 15.0 Å². The van der Waals surface area contributed by atoms with E-state index in [1.807, 2.05) is 32.0 Å². The number of carbonyl (C=O) groups excluding carboxylic acids is 4. The molecule has 0 radical (unpaired) electrons. The van der Waals surface area contributed by atoms with Crippen LogP contribution >= 0.6 is 0 Å². The summed E-state index contributed by atoms with van der Waals surface area (Å²) in [5.74, 6) is -1.99. The fourth-order valence-corrected chi connectivity index (χ4v) is 3.51. The number of hydrogen-bond donors (Lipinski definition) is 1. The molecule has 0 saturated carbocycles. The van der Waals surface area contributed by atoms with Crippen molar-refractivity contribution >= 4 is 34.9 Å². The molecule has 0 spiro atoms. The lowest BCUT2D eigenvalue weighted by atomic mass is 10.1. The third kappa shape index (κ3) is 4.99. The molecule has 0 bridgehead atoms. The predicted octanol–water partition coefficient (Wildman–Crippen LogP) is 3.43. The van der Waals surface area contributed by atoms with E-state index in [-0.39, 0.29) is 24.7 Å². The standard InChI is InChI=1S/C24H26N2O5/c1-14-7-5-10-21(15(14)2)26-13-19(12-22(26)28)24(30)31-17(4)23(29)25-20-9-6-8-18(11-20)16(3)27/h5-11,17,19H,12-13H2,1-4H3,(H,25,29)/t17-,19-/m1/s1. The number of aryl methyl sites for hydroxylation is 1. The van der Waals surface area contributed by atoms with Gasteiger partial charge in [0.05, 0.1) is 5.92 Å². The summed E-state index contributed by atoms with van der Waals surface area (Å²) in [7, 11) is 0. The van der Waals surface area contributed by atoms with Crippen LogP contribution in [0.4, 0.5) is 11.4 Å². The van der Waals surface area contributed by atoms with Gasteiger partial charge >= 0.3 is 5.97 Å². The Morgan fingerprint density at radius 3 is 2.55 bits per heavy atom. The Kier molecular flexibility index (Phi) is 6.53. The van der Waals surface area contributed by atoms with Gasteiger partial charge in [-0.05, 0) is 57.0 Å². The molecule has 3 rings (SSSR count). The molecule has 1 aliphatic heterocycles. The molecular weight excluding hydrogens is 396 g/mol. The molecule has 0 aromatic heterocycles. The van der Waals surface area contributed by atoms with E-state index < -0.39 is 23.9 Å². The Hall–Kier alpha value is -3.48. The van der Waals surface area contributed by atoms with Crippen molar-refractivity contribution in [3.63, 3.8) is 0 Å². The first-order valence-corrected chi connectivity index (χ1v) is 10.2. The second-order valence-corrected chi connectivity index (χ2v) is 7.83. The van der Waals surface area contributed by atoms with Gasteiger partial charge in [-0.1, -0.05) is 24.3 Å². The molecule has 1 aliphatic rings. The molecule has 0 aliphatic carbocycles. The van der Waals surface area contributed by atoms with Crippen LogP contribution in [0.2, 0.25) is 0 Å². The maximum absolute atomic E-state index is 12.6. The number of esters is 1. The Bertz CT molecular complexity index is 1050. The summed E-state index contributed by atoms with van der Waals surface area (Å²) >= 11 is 0. The third-order valence-electron chi connectivity index (χ3n) is 5.52. The highest BCUT2D eigenvalue weighted by Crippen LogP contribution is 2.30. The van der Waals surface area contributed by atoms with E-state index in [9.17, 15) is 19.2 Å². The summed E-state index contributed by atoms with van der Waals surface area (Å²) in [5, 5.41) is 2.64. The summed E-state index contributed by atoms with van der Waals surface area (Å²) < 4.78 is 5.34. The Labute approximate surface area is 181 Å². The predicted molar refractivity (Wildman–Crippen MR) is 117 cm³/mol. The van der Waals surface area contributed by atoms with Crippen LogP contribution < -0.4 is 10.2 Å². The van der Waals surface area contributed by atoms with Gasteiger partial charge in [-0.2, -0.15) is 0 Å². The highest BCUT2D eigenvalue weighted by molar-refractivity contribution is 6.01. The van der Waals surface area contributed by atoms with Crippen LogP contribution in [0.5, 0.6) is 0 Å². The molecule has 7 nitrogen and oxygen atoms in total. The molecular formula is C24H26N2O5. The number of ether oxygens (including phenoxy) is 1. The molecule has 7 heteroatoms. The molecule has 2 aromatic rings. The molecule has 2 atom stereocenters. The summed E-state index contributed by atoms with van der Waals surface area (Å²) in [6.45, 7) is 7.04. The van der Waals surface area contributed by atoms with Gasteiger partial charge in [-0.25, -0.2) is 0 Å². The first kappa shape index (κ1) is 22.2. The van der Waals surface area contributed by atoms with E-state index in [0.29, 0.717) is 11.3 Å². The van der Waals surface area contributed by atoms with Crippen LogP contribution in [0.1, 0.15) is 41.8 Å². The molecule has 1 N–H and O–H groups in total. The lowest BCUT2D eigenvalue weighted by molar-refractivity contribution is -0.157. The Morgan fingerprint density at radius 1 is 1.13 bits per heavy atom. The number of rotatable bonds is 6. The van der Waals surface area contributed by atoms with Crippen molar-refractivity contribution in [2.24, 2.45) is 5.92 Å². The van der Waals surface area contributed by atoms with Crippen LogP contribution in [-0.4, -0.2) is 36.2 Å². The van der Waals surface area contributed by atoms with Crippen LogP contribution in [0.15, 0.2) is 42.5 Å². The fourth-order valence-electron chi connectivity index (χ4n) is 3.51. The monoisotopic (exact) mass is 422 g/mol. The van der Waals surface area contributed by atoms with Gasteiger partial charge in [0.2, 0.25) is 5.91 Å². The molecule has 31 heavy (non-hydrogen) atoms. The SMILES string of the molecule is CC(=O)c1cccc(NC(=O)[C@@H](C)OC(=O)[C@@H]2CC(=O)N(c3cccc(C)c3C)C2)c1. The number of nitrogens with zero attached hydrogens (tertiary/aromatic N) is 1. The quantitative estimate of drug-likeness (QED) is 0.569. The van der Waals surface area contributed by atoms with E-state index in [0.717, 1.165) is 16.8 Å². The molecule has 2 amide bonds. The number of Topliss-reactive ketones (excluding diaryl/α,β-unsaturated/α-hetero) is 1. The minimum absolute atomic E-state index is 0.0429. The zero-order valence-electron chi connectivity index (χ0n) is 18.1. The van der Waals surface area contributed by atoms with E-state index in [1.165, 1.54) is 13.8 Å². The van der Waals surface area contributed by atoms with E-state index in [2.05, 4.69) is 5.32 Å². The minimum atomic E-state index is -1.04. The van der Waals surface area contributed by atoms with Crippen molar-refractivity contribution in [1.82, 2.24) is 0 Å². The number of carbonyl (C=O) groups is 4. The van der Waals surface area contributed by atoms with E-state index >= 15 is 0 Å². The summed E-state index contributed by atoms with van der Waals surface area (Å²) in [6, 6.07) is 12.2. The van der Waals surface area contributed by atoms with Crippen molar-refractivity contribution in [3.8, 4) is 0 Å². The van der Waals surface area contributed by atoms with Gasteiger partial charge in [0.1, 0.15) is 0 Å². The zero-order chi connectivity index (χ0) is 22.7. The van der Waals surface area contributed by atoms with Crippen molar-refractivity contribution in [2.75, 3.05) is 16.8 Å². The highest BCUT2D eigenvalue weighted by Gasteiger charge is 2.37. The topological polar surface area (TPSA) is 92.8 Å². The fraction of sp³-hybridized carbons (Fsp3) is 0.333. The van der Waals surface area contributed by atoms with Gasteiger partial charge in [0.15, 0.2) is 11.9 Å². The minimum Gasteiger partial charge on any atom is -0.452 e. The number of amides is 2. The lowest BCUT2D eigenvalue weighted by Gasteiger charge is -2.20. The van der Waals surface area contributed by atoms with Crippen molar-refractivity contribution < 1.29 is 23.9 Å². The first-order valence-electron chi connectivity index (χ1n) is 10.2. The van der Waals surface area contributed by atoms with Gasteiger partial charge in [-0.15, -0.1) is 0 Å². The van der Waals surface area contributed by atoms with E-state index in [1.54, 1.807) is 29.2 Å². The number of benzene rings is 2. The van der Waals surface area contributed by atoms with Gasteiger partial charge in [0.25, 0.3) is 5.91 Å². The average molecular weight is 422 g/mol. The smallest absolute Gasteiger partial charge is 0.312 e. The maximum Gasteiger partial charge on any atom is 0.312 e. The molecule has 1 saturated heterocycles. The second-order valence-electron chi connectivity index (χ2n) is 7.83. The van der Waals surface area contributed by atoms with Crippen LogP contribution in [-0.2, 0) is 19.1 Å². The zero-order valence-corrected chi connectivity index (χ0v) is 18.1. The maximum atomic E-state index is 12.6. The number of anilines is 2. The Balaban J connectivity index is 1.61. The normalized spacial score (nSPS) is 16.7. The van der Waals surface area contributed by atoms with Crippen LogP contribution in [0, 0.1) is 19.8 Å². The number of nitrogens with one attached hydrogen (secondary N) is 1. The summed E-state index contributed by atoms with van der Waals surface area (Å²) in [4.78, 5) is 50.6.